The Labute approximate surface area is 107 Å². The van der Waals surface area contributed by atoms with E-state index in [1.807, 2.05) is 13.1 Å². The predicted octanol–water partition coefficient (Wildman–Crippen LogP) is 1.28. The van der Waals surface area contributed by atoms with Crippen molar-refractivity contribution in [2.45, 2.75) is 12.8 Å². The summed E-state index contributed by atoms with van der Waals surface area (Å²) in [4.78, 5) is 16.0. The highest BCUT2D eigenvalue weighted by Crippen LogP contribution is 2.13. The normalized spacial score (nSPS) is 16.3. The summed E-state index contributed by atoms with van der Waals surface area (Å²) in [5.41, 5.74) is 1.34. The van der Waals surface area contributed by atoms with Crippen LogP contribution in [0.15, 0.2) is 18.3 Å². The fourth-order valence-corrected chi connectivity index (χ4v) is 1.99. The fourth-order valence-electron chi connectivity index (χ4n) is 1.99. The smallest absolute Gasteiger partial charge is 0.269 e. The Morgan fingerprint density at radius 3 is 3.00 bits per heavy atom. The number of nitrogens with zero attached hydrogens (tertiary/aromatic N) is 1. The Balaban J connectivity index is 1.86. The largest absolute Gasteiger partial charge is 0.388 e. The maximum Gasteiger partial charge on any atom is 0.269 e. The molecule has 5 nitrogen and oxygen atoms in total. The number of amides is 1. The molecular formula is C13H19N3O2. The Hall–Kier alpha value is -1.62. The van der Waals surface area contributed by atoms with E-state index in [9.17, 15) is 4.79 Å². The van der Waals surface area contributed by atoms with Gasteiger partial charge in [-0.15, -0.1) is 0 Å². The molecule has 0 atom stereocenters. The molecule has 0 unspecified atom stereocenters. The zero-order chi connectivity index (χ0) is 12.8. The third kappa shape index (κ3) is 3.43. The van der Waals surface area contributed by atoms with Crippen LogP contribution in [0.3, 0.4) is 0 Å². The first-order chi connectivity index (χ1) is 8.79. The molecule has 1 amide bonds. The van der Waals surface area contributed by atoms with Gasteiger partial charge in [0.15, 0.2) is 0 Å². The molecule has 1 aromatic heterocycles. The number of carbonyl (C=O) groups is 1. The monoisotopic (exact) mass is 249 g/mol. The second-order valence-corrected chi connectivity index (χ2v) is 4.45. The Morgan fingerprint density at radius 1 is 1.50 bits per heavy atom. The maximum absolute atomic E-state index is 11.9. The van der Waals surface area contributed by atoms with Crippen LogP contribution in [0.25, 0.3) is 0 Å². The summed E-state index contributed by atoms with van der Waals surface area (Å²) in [7, 11) is 1.82. The van der Waals surface area contributed by atoms with Gasteiger partial charge in [0.25, 0.3) is 5.91 Å². The average molecular weight is 249 g/mol. The van der Waals surface area contributed by atoms with E-state index in [-0.39, 0.29) is 5.91 Å². The Morgan fingerprint density at radius 2 is 2.28 bits per heavy atom. The molecule has 98 valence electrons. The molecule has 0 bridgehead atoms. The minimum absolute atomic E-state index is 0.112. The molecule has 18 heavy (non-hydrogen) atoms. The van der Waals surface area contributed by atoms with Crippen molar-refractivity contribution in [2.24, 2.45) is 5.92 Å². The molecule has 2 rings (SSSR count). The molecule has 2 N–H and O–H groups in total. The van der Waals surface area contributed by atoms with Crippen LogP contribution in [-0.2, 0) is 4.74 Å². The highest BCUT2D eigenvalue weighted by Gasteiger charge is 2.15. The zero-order valence-electron chi connectivity index (χ0n) is 10.6. The lowest BCUT2D eigenvalue weighted by atomic mass is 10.0. The van der Waals surface area contributed by atoms with Gasteiger partial charge in [-0.25, -0.2) is 0 Å². The van der Waals surface area contributed by atoms with Gasteiger partial charge in [0.2, 0.25) is 0 Å². The van der Waals surface area contributed by atoms with Crippen molar-refractivity contribution in [2.75, 3.05) is 32.1 Å². The molecule has 1 aliphatic rings. The molecule has 0 saturated carbocycles. The lowest BCUT2D eigenvalue weighted by Gasteiger charge is -2.22. The van der Waals surface area contributed by atoms with Gasteiger partial charge in [0.1, 0.15) is 5.69 Å². The topological polar surface area (TPSA) is 63.2 Å². The van der Waals surface area contributed by atoms with Crippen molar-refractivity contribution in [3.8, 4) is 0 Å². The summed E-state index contributed by atoms with van der Waals surface area (Å²) in [5.74, 6) is 0.411. The molecule has 0 radical (unpaired) electrons. The summed E-state index contributed by atoms with van der Waals surface area (Å²) in [5, 5.41) is 5.93. The maximum atomic E-state index is 11.9. The standard InChI is InChI=1S/C13H19N3O2/c1-14-11-2-5-15-12(8-11)13(17)16-9-10-3-6-18-7-4-10/h2,5,8,10H,3-4,6-7,9H2,1H3,(H,14,15)(H,16,17). The number of hydrogen-bond acceptors (Lipinski definition) is 4. The van der Waals surface area contributed by atoms with Crippen LogP contribution < -0.4 is 10.6 Å². The number of pyridine rings is 1. The van der Waals surface area contributed by atoms with Gasteiger partial charge in [-0.05, 0) is 30.9 Å². The minimum atomic E-state index is -0.112. The average Bonchev–Trinajstić information content (AvgIpc) is 2.46. The van der Waals surface area contributed by atoms with E-state index in [1.54, 1.807) is 12.3 Å². The van der Waals surface area contributed by atoms with Crippen LogP contribution >= 0.6 is 0 Å². The molecule has 1 aliphatic heterocycles. The number of aromatic nitrogens is 1. The van der Waals surface area contributed by atoms with E-state index >= 15 is 0 Å². The fraction of sp³-hybridized carbons (Fsp3) is 0.538. The number of ether oxygens (including phenoxy) is 1. The molecule has 1 saturated heterocycles. The zero-order valence-corrected chi connectivity index (χ0v) is 10.6. The summed E-state index contributed by atoms with van der Waals surface area (Å²) in [6.07, 6.45) is 3.67. The Bertz CT molecular complexity index is 403. The molecule has 2 heterocycles. The molecule has 1 aromatic rings. The van der Waals surface area contributed by atoms with Gasteiger partial charge < -0.3 is 15.4 Å². The summed E-state index contributed by atoms with van der Waals surface area (Å²) >= 11 is 0. The highest BCUT2D eigenvalue weighted by molar-refractivity contribution is 5.93. The predicted molar refractivity (Wildman–Crippen MR) is 69.7 cm³/mol. The second kappa shape index (κ2) is 6.35. The first-order valence-corrected chi connectivity index (χ1v) is 6.29. The van der Waals surface area contributed by atoms with E-state index in [0.29, 0.717) is 18.2 Å². The first kappa shape index (κ1) is 12.8. The van der Waals surface area contributed by atoms with E-state index in [2.05, 4.69) is 15.6 Å². The summed E-state index contributed by atoms with van der Waals surface area (Å²) in [6.45, 7) is 2.30. The molecule has 1 fully saturated rings. The van der Waals surface area contributed by atoms with Crippen molar-refractivity contribution >= 4 is 11.6 Å². The number of rotatable bonds is 4. The third-order valence-electron chi connectivity index (χ3n) is 3.17. The van der Waals surface area contributed by atoms with Crippen molar-refractivity contribution in [1.29, 1.82) is 0 Å². The van der Waals surface area contributed by atoms with Crippen LogP contribution in [0.2, 0.25) is 0 Å². The van der Waals surface area contributed by atoms with Crippen LogP contribution in [-0.4, -0.2) is 37.7 Å². The first-order valence-electron chi connectivity index (χ1n) is 6.29. The molecular weight excluding hydrogens is 230 g/mol. The van der Waals surface area contributed by atoms with Crippen molar-refractivity contribution in [1.82, 2.24) is 10.3 Å². The Kier molecular flexibility index (Phi) is 4.52. The van der Waals surface area contributed by atoms with E-state index in [0.717, 1.165) is 31.7 Å². The summed E-state index contributed by atoms with van der Waals surface area (Å²) in [6, 6.07) is 3.58. The SMILES string of the molecule is CNc1ccnc(C(=O)NCC2CCOCC2)c1. The third-order valence-corrected chi connectivity index (χ3v) is 3.17. The van der Waals surface area contributed by atoms with E-state index < -0.39 is 0 Å². The number of hydrogen-bond donors (Lipinski definition) is 2. The quantitative estimate of drug-likeness (QED) is 0.843. The van der Waals surface area contributed by atoms with Gasteiger partial charge >= 0.3 is 0 Å². The second-order valence-electron chi connectivity index (χ2n) is 4.45. The molecule has 0 aromatic carbocycles. The lowest BCUT2D eigenvalue weighted by Crippen LogP contribution is -2.32. The van der Waals surface area contributed by atoms with Gasteiger partial charge in [-0.2, -0.15) is 0 Å². The molecule has 0 aliphatic carbocycles. The van der Waals surface area contributed by atoms with Crippen LogP contribution in [0.4, 0.5) is 5.69 Å². The number of nitrogens with one attached hydrogen (secondary N) is 2. The van der Waals surface area contributed by atoms with Gasteiger partial charge in [0, 0.05) is 38.7 Å². The minimum Gasteiger partial charge on any atom is -0.388 e. The van der Waals surface area contributed by atoms with Crippen LogP contribution in [0, 0.1) is 5.92 Å². The van der Waals surface area contributed by atoms with Crippen molar-refractivity contribution in [3.05, 3.63) is 24.0 Å². The molecule has 0 spiro atoms. The van der Waals surface area contributed by atoms with Crippen LogP contribution in [0.1, 0.15) is 23.3 Å². The van der Waals surface area contributed by atoms with Crippen LogP contribution in [0.5, 0.6) is 0 Å². The summed E-state index contributed by atoms with van der Waals surface area (Å²) < 4.78 is 5.29. The van der Waals surface area contributed by atoms with E-state index in [1.165, 1.54) is 0 Å². The van der Waals surface area contributed by atoms with Gasteiger partial charge in [-0.3, -0.25) is 9.78 Å². The van der Waals surface area contributed by atoms with Crippen molar-refractivity contribution in [3.63, 3.8) is 0 Å². The number of anilines is 1. The lowest BCUT2D eigenvalue weighted by molar-refractivity contribution is 0.0642. The van der Waals surface area contributed by atoms with Crippen molar-refractivity contribution < 1.29 is 9.53 Å². The van der Waals surface area contributed by atoms with Gasteiger partial charge in [-0.1, -0.05) is 0 Å². The van der Waals surface area contributed by atoms with E-state index in [4.69, 9.17) is 4.74 Å². The highest BCUT2D eigenvalue weighted by atomic mass is 16.5. The number of carbonyl (C=O) groups excluding carboxylic acids is 1. The molecule has 5 heteroatoms. The van der Waals surface area contributed by atoms with Gasteiger partial charge in [0.05, 0.1) is 0 Å².